The number of hydrogen-bond acceptors (Lipinski definition) is 2. The topological polar surface area (TPSA) is 12.4 Å². The van der Waals surface area contributed by atoms with Gasteiger partial charge in [-0.05, 0) is 20.8 Å². The normalized spacial score (nSPS) is 28.5. The highest BCUT2D eigenvalue weighted by Crippen LogP contribution is 2.30. The number of thioether (sulfide) groups is 1. The molecule has 1 aliphatic rings. The van der Waals surface area contributed by atoms with Crippen LogP contribution in [-0.4, -0.2) is 11.1 Å². The molecule has 0 spiro atoms. The minimum Gasteiger partial charge on any atom is -0.275 e. The van der Waals surface area contributed by atoms with Gasteiger partial charge in [0.15, 0.2) is 0 Å². The lowest BCUT2D eigenvalue weighted by Crippen LogP contribution is -1.91. The van der Waals surface area contributed by atoms with Crippen molar-refractivity contribution >= 4 is 16.8 Å². The van der Waals surface area contributed by atoms with Gasteiger partial charge in [0.25, 0.3) is 0 Å². The first-order valence-corrected chi connectivity index (χ1v) is 4.61. The van der Waals surface area contributed by atoms with Crippen LogP contribution in [0.2, 0.25) is 0 Å². The molecule has 0 aromatic heterocycles. The lowest BCUT2D eigenvalue weighted by molar-refractivity contribution is 0.926. The van der Waals surface area contributed by atoms with Crippen molar-refractivity contribution in [3.63, 3.8) is 0 Å². The molecule has 2 heteroatoms. The Morgan fingerprint density at radius 2 is 2.27 bits per heavy atom. The SMILES string of the molecule is C/C=C\C=C1\SC(C)=NC1C. The third kappa shape index (κ3) is 2.22. The van der Waals surface area contributed by atoms with Crippen molar-refractivity contribution in [3.05, 3.63) is 23.1 Å². The molecule has 1 atom stereocenters. The van der Waals surface area contributed by atoms with Crippen molar-refractivity contribution in [1.29, 1.82) is 0 Å². The number of rotatable bonds is 1. The Hall–Kier alpha value is -0.500. The Kier molecular flexibility index (Phi) is 2.94. The zero-order valence-electron chi connectivity index (χ0n) is 7.16. The standard InChI is InChI=1S/C9H13NS/c1-4-5-6-9-7(2)10-8(3)11-9/h4-7H,1-3H3/b5-4-,9-6+. The average Bonchev–Trinajstić information content (AvgIpc) is 2.26. The third-order valence-corrected chi connectivity index (χ3v) is 2.62. The lowest BCUT2D eigenvalue weighted by atomic mass is 10.3. The van der Waals surface area contributed by atoms with Crippen molar-refractivity contribution in [2.75, 3.05) is 0 Å². The molecular formula is C9H13NS. The van der Waals surface area contributed by atoms with E-state index in [0.717, 1.165) is 0 Å². The summed E-state index contributed by atoms with van der Waals surface area (Å²) in [5, 5.41) is 1.17. The summed E-state index contributed by atoms with van der Waals surface area (Å²) in [5.74, 6) is 0. The summed E-state index contributed by atoms with van der Waals surface area (Å²) < 4.78 is 0. The second-order valence-corrected chi connectivity index (χ2v) is 3.79. The van der Waals surface area contributed by atoms with E-state index in [1.165, 1.54) is 9.95 Å². The Balaban J connectivity index is 2.66. The van der Waals surface area contributed by atoms with Crippen LogP contribution in [0.4, 0.5) is 0 Å². The van der Waals surface area contributed by atoms with Gasteiger partial charge in [-0.2, -0.15) is 0 Å². The summed E-state index contributed by atoms with van der Waals surface area (Å²) in [6, 6.07) is 0.371. The second-order valence-electron chi connectivity index (χ2n) is 2.52. The first-order valence-electron chi connectivity index (χ1n) is 3.79. The van der Waals surface area contributed by atoms with E-state index in [-0.39, 0.29) is 0 Å². The first kappa shape index (κ1) is 8.60. The quantitative estimate of drug-likeness (QED) is 0.585. The van der Waals surface area contributed by atoms with Gasteiger partial charge in [-0.1, -0.05) is 30.0 Å². The molecule has 0 radical (unpaired) electrons. The van der Waals surface area contributed by atoms with Crippen LogP contribution in [0.5, 0.6) is 0 Å². The summed E-state index contributed by atoms with van der Waals surface area (Å²) in [6.45, 7) is 6.20. The summed E-state index contributed by atoms with van der Waals surface area (Å²) in [4.78, 5) is 5.75. The molecule has 1 unspecified atom stereocenters. The van der Waals surface area contributed by atoms with E-state index in [4.69, 9.17) is 0 Å². The summed E-state index contributed by atoms with van der Waals surface area (Å²) >= 11 is 1.77. The van der Waals surface area contributed by atoms with Gasteiger partial charge in [0.1, 0.15) is 0 Å². The van der Waals surface area contributed by atoms with Gasteiger partial charge in [-0.25, -0.2) is 0 Å². The highest BCUT2D eigenvalue weighted by molar-refractivity contribution is 8.17. The van der Waals surface area contributed by atoms with Gasteiger partial charge in [0, 0.05) is 4.91 Å². The van der Waals surface area contributed by atoms with E-state index in [9.17, 15) is 0 Å². The van der Waals surface area contributed by atoms with Crippen LogP contribution in [0.3, 0.4) is 0 Å². The van der Waals surface area contributed by atoms with Crippen LogP contribution in [-0.2, 0) is 0 Å². The lowest BCUT2D eigenvalue weighted by Gasteiger charge is -1.97. The van der Waals surface area contributed by atoms with Crippen molar-refractivity contribution < 1.29 is 0 Å². The molecule has 1 heterocycles. The van der Waals surface area contributed by atoms with E-state index < -0.39 is 0 Å². The molecule has 0 saturated carbocycles. The highest BCUT2D eigenvalue weighted by Gasteiger charge is 2.15. The van der Waals surface area contributed by atoms with E-state index in [2.05, 4.69) is 31.0 Å². The fourth-order valence-corrected chi connectivity index (χ4v) is 1.90. The van der Waals surface area contributed by atoms with Crippen LogP contribution >= 0.6 is 11.8 Å². The Morgan fingerprint density at radius 3 is 2.73 bits per heavy atom. The van der Waals surface area contributed by atoms with Gasteiger partial charge in [-0.15, -0.1) is 0 Å². The zero-order chi connectivity index (χ0) is 8.27. The Labute approximate surface area is 72.3 Å². The average molecular weight is 167 g/mol. The van der Waals surface area contributed by atoms with Crippen molar-refractivity contribution in [2.24, 2.45) is 4.99 Å². The van der Waals surface area contributed by atoms with Crippen LogP contribution in [0.1, 0.15) is 20.8 Å². The van der Waals surface area contributed by atoms with E-state index in [0.29, 0.717) is 6.04 Å². The van der Waals surface area contributed by atoms with Crippen molar-refractivity contribution in [3.8, 4) is 0 Å². The summed E-state index contributed by atoms with van der Waals surface area (Å²) in [5.41, 5.74) is 0. The van der Waals surface area contributed by atoms with Crippen molar-refractivity contribution in [1.82, 2.24) is 0 Å². The minimum atomic E-state index is 0.371. The van der Waals surface area contributed by atoms with E-state index in [1.807, 2.05) is 13.0 Å². The van der Waals surface area contributed by atoms with Gasteiger partial charge < -0.3 is 0 Å². The summed E-state index contributed by atoms with van der Waals surface area (Å²) in [7, 11) is 0. The van der Waals surface area contributed by atoms with E-state index in [1.54, 1.807) is 11.8 Å². The minimum absolute atomic E-state index is 0.371. The van der Waals surface area contributed by atoms with Gasteiger partial charge in [0.05, 0.1) is 11.1 Å². The zero-order valence-corrected chi connectivity index (χ0v) is 7.98. The number of allylic oxidation sites excluding steroid dienone is 3. The third-order valence-electron chi connectivity index (χ3n) is 1.51. The van der Waals surface area contributed by atoms with Gasteiger partial charge in [-0.3, -0.25) is 4.99 Å². The molecule has 0 saturated heterocycles. The van der Waals surface area contributed by atoms with Crippen LogP contribution in [0.15, 0.2) is 28.1 Å². The largest absolute Gasteiger partial charge is 0.275 e. The maximum atomic E-state index is 4.40. The van der Waals surface area contributed by atoms with Crippen molar-refractivity contribution in [2.45, 2.75) is 26.8 Å². The smallest absolute Gasteiger partial charge is 0.0792 e. The maximum absolute atomic E-state index is 4.40. The molecule has 0 N–H and O–H groups in total. The molecule has 1 nitrogen and oxygen atoms in total. The first-order chi connectivity index (χ1) is 5.24. The molecule has 1 rings (SSSR count). The molecule has 0 bridgehead atoms. The van der Waals surface area contributed by atoms with Gasteiger partial charge >= 0.3 is 0 Å². The molecule has 60 valence electrons. The molecule has 11 heavy (non-hydrogen) atoms. The maximum Gasteiger partial charge on any atom is 0.0792 e. The highest BCUT2D eigenvalue weighted by atomic mass is 32.2. The van der Waals surface area contributed by atoms with Crippen LogP contribution < -0.4 is 0 Å². The number of nitrogens with zero attached hydrogens (tertiary/aromatic N) is 1. The Bertz CT molecular complexity index is 226. The van der Waals surface area contributed by atoms with Gasteiger partial charge in [0.2, 0.25) is 0 Å². The van der Waals surface area contributed by atoms with Crippen LogP contribution in [0.25, 0.3) is 0 Å². The predicted molar refractivity (Wildman–Crippen MR) is 53.1 cm³/mol. The fraction of sp³-hybridized carbons (Fsp3) is 0.444. The van der Waals surface area contributed by atoms with Crippen LogP contribution in [0, 0.1) is 0 Å². The molecule has 0 aromatic carbocycles. The monoisotopic (exact) mass is 167 g/mol. The second kappa shape index (κ2) is 3.77. The fourth-order valence-electron chi connectivity index (χ4n) is 0.983. The number of aliphatic imine (C=N–C) groups is 1. The molecule has 0 aromatic rings. The molecule has 0 amide bonds. The predicted octanol–water partition coefficient (Wildman–Crippen LogP) is 3.00. The molecule has 1 aliphatic heterocycles. The molecule has 0 aliphatic carbocycles. The summed E-state index contributed by atoms with van der Waals surface area (Å²) in [6.07, 6.45) is 6.23. The number of hydrogen-bond donors (Lipinski definition) is 0. The molecular weight excluding hydrogens is 154 g/mol. The Morgan fingerprint density at radius 1 is 1.55 bits per heavy atom. The molecule has 0 fully saturated rings. The van der Waals surface area contributed by atoms with E-state index >= 15 is 0 Å².